The van der Waals surface area contributed by atoms with Crippen LogP contribution in [0.4, 0.5) is 0 Å². The second-order valence-electron chi connectivity index (χ2n) is 11.5. The predicted molar refractivity (Wildman–Crippen MR) is 123 cm³/mol. The maximum Gasteiger partial charge on any atom is 0.303 e. The van der Waals surface area contributed by atoms with Crippen LogP contribution in [0.2, 0.25) is 0 Å². The Bertz CT molecular complexity index is 1070. The maximum absolute atomic E-state index is 12.8. The zero-order valence-corrected chi connectivity index (χ0v) is 20.0. The van der Waals surface area contributed by atoms with Gasteiger partial charge in [0.2, 0.25) is 0 Å². The van der Waals surface area contributed by atoms with Gasteiger partial charge in [0.15, 0.2) is 5.78 Å². The summed E-state index contributed by atoms with van der Waals surface area (Å²) < 4.78 is 11.5. The lowest BCUT2D eigenvalue weighted by Crippen LogP contribution is -2.59. The van der Waals surface area contributed by atoms with Crippen LogP contribution in [0.15, 0.2) is 58.5 Å². The van der Waals surface area contributed by atoms with Gasteiger partial charge in [-0.25, -0.2) is 0 Å². The Labute approximate surface area is 190 Å². The van der Waals surface area contributed by atoms with E-state index in [0.29, 0.717) is 5.92 Å². The van der Waals surface area contributed by atoms with E-state index in [9.17, 15) is 9.59 Å². The van der Waals surface area contributed by atoms with E-state index in [4.69, 9.17) is 9.15 Å². The largest absolute Gasteiger partial charge is 0.472 e. The van der Waals surface area contributed by atoms with Gasteiger partial charge >= 0.3 is 5.97 Å². The van der Waals surface area contributed by atoms with E-state index < -0.39 is 5.41 Å². The standard InChI is InChI=1S/C28H34O4/c1-17(29)32-24-15-22-25(2,3)23(30)10-13-27(22,5)21-9-12-26(4)19(18-11-14-31-16-18)7-8-20(26)28(21,24)6/h8,10-11,13-16,19,21,24H,7,9,12H2,1-6H3/t19-,21+,24+,26-,27+,28-/m0/s1. The maximum atomic E-state index is 12.8. The number of hydrogen-bond donors (Lipinski definition) is 0. The second-order valence-corrected chi connectivity index (χ2v) is 11.5. The Hall–Kier alpha value is -2.36. The van der Waals surface area contributed by atoms with Crippen LogP contribution in [0.3, 0.4) is 0 Å². The number of carbonyl (C=O) groups is 2. The van der Waals surface area contributed by atoms with Crippen LogP contribution in [0, 0.1) is 27.6 Å². The first-order chi connectivity index (χ1) is 15.0. The summed E-state index contributed by atoms with van der Waals surface area (Å²) in [5.74, 6) is 0.450. The van der Waals surface area contributed by atoms with E-state index in [1.54, 1.807) is 12.3 Å². The molecule has 0 spiro atoms. The molecule has 0 aromatic carbocycles. The van der Waals surface area contributed by atoms with E-state index in [0.717, 1.165) is 24.8 Å². The van der Waals surface area contributed by atoms with Crippen molar-refractivity contribution in [2.24, 2.45) is 27.6 Å². The third-order valence-corrected chi connectivity index (χ3v) is 9.52. The number of esters is 1. The number of furan rings is 1. The Morgan fingerprint density at radius 1 is 1.16 bits per heavy atom. The molecule has 1 fully saturated rings. The van der Waals surface area contributed by atoms with Gasteiger partial charge in [-0.3, -0.25) is 9.59 Å². The minimum atomic E-state index is -0.604. The highest BCUT2D eigenvalue weighted by Gasteiger charge is 2.65. The first-order valence-corrected chi connectivity index (χ1v) is 11.8. The Balaban J connectivity index is 1.69. The molecule has 1 saturated carbocycles. The molecule has 1 aromatic heterocycles. The summed E-state index contributed by atoms with van der Waals surface area (Å²) in [5, 5.41) is 0. The van der Waals surface area contributed by atoms with Crippen molar-refractivity contribution in [2.45, 2.75) is 72.8 Å². The van der Waals surface area contributed by atoms with Crippen molar-refractivity contribution in [2.75, 3.05) is 0 Å². The molecular formula is C28H34O4. The predicted octanol–water partition coefficient (Wildman–Crippen LogP) is 6.16. The van der Waals surface area contributed by atoms with E-state index in [1.807, 2.05) is 20.1 Å². The SMILES string of the molecule is CC(=O)O[C@@H]1C=C2C(C)(C)C(=O)C=C[C@]2(C)[C@H]2CC[C@]3(C)C(=CC[C@H]3c3ccoc3)[C@]12C. The zero-order chi connectivity index (χ0) is 23.1. The van der Waals surface area contributed by atoms with E-state index >= 15 is 0 Å². The molecule has 6 atom stereocenters. The average molecular weight is 435 g/mol. The summed E-state index contributed by atoms with van der Waals surface area (Å²) in [5.41, 5.74) is 2.53. The van der Waals surface area contributed by atoms with Crippen LogP contribution in [-0.2, 0) is 14.3 Å². The van der Waals surface area contributed by atoms with Gasteiger partial charge in [-0.15, -0.1) is 0 Å². The number of fused-ring (bicyclic) bond motifs is 5. The van der Waals surface area contributed by atoms with Crippen LogP contribution < -0.4 is 0 Å². The minimum Gasteiger partial charge on any atom is -0.472 e. The Morgan fingerprint density at radius 2 is 1.91 bits per heavy atom. The van der Waals surface area contributed by atoms with Gasteiger partial charge in [0, 0.05) is 23.2 Å². The number of allylic oxidation sites excluding steroid dienone is 4. The minimum absolute atomic E-state index is 0.0149. The molecule has 1 aromatic rings. The average Bonchev–Trinajstić information content (AvgIpc) is 3.34. The zero-order valence-electron chi connectivity index (χ0n) is 20.0. The number of ketones is 1. The summed E-state index contributed by atoms with van der Waals surface area (Å²) >= 11 is 0. The fraction of sp³-hybridized carbons (Fsp3) is 0.571. The van der Waals surface area contributed by atoms with Crippen LogP contribution in [0.5, 0.6) is 0 Å². The van der Waals surface area contributed by atoms with E-state index in [2.05, 4.69) is 45.1 Å². The van der Waals surface area contributed by atoms with Crippen molar-refractivity contribution in [3.05, 3.63) is 59.6 Å². The van der Waals surface area contributed by atoms with Gasteiger partial charge in [-0.05, 0) is 79.7 Å². The fourth-order valence-electron chi connectivity index (χ4n) is 7.95. The second kappa shape index (κ2) is 6.59. The Kier molecular flexibility index (Phi) is 4.42. The summed E-state index contributed by atoms with van der Waals surface area (Å²) in [7, 11) is 0. The lowest BCUT2D eigenvalue weighted by molar-refractivity contribution is -0.155. The van der Waals surface area contributed by atoms with Gasteiger partial charge in [-0.2, -0.15) is 0 Å². The molecule has 1 heterocycles. The van der Waals surface area contributed by atoms with Gasteiger partial charge in [0.05, 0.1) is 12.5 Å². The lowest BCUT2D eigenvalue weighted by Gasteiger charge is -2.63. The molecule has 4 aliphatic carbocycles. The first-order valence-electron chi connectivity index (χ1n) is 11.8. The summed E-state index contributed by atoms with van der Waals surface area (Å²) in [6.07, 6.45) is 14.7. The number of hydrogen-bond acceptors (Lipinski definition) is 4. The number of rotatable bonds is 2. The van der Waals surface area contributed by atoms with Gasteiger partial charge < -0.3 is 9.15 Å². The van der Waals surface area contributed by atoms with Crippen LogP contribution in [0.1, 0.15) is 72.3 Å². The van der Waals surface area contributed by atoms with Gasteiger partial charge in [0.1, 0.15) is 6.10 Å². The van der Waals surface area contributed by atoms with Crippen molar-refractivity contribution in [3.63, 3.8) is 0 Å². The van der Waals surface area contributed by atoms with Crippen molar-refractivity contribution in [1.29, 1.82) is 0 Å². The molecule has 5 rings (SSSR count). The molecule has 4 nitrogen and oxygen atoms in total. The molecule has 32 heavy (non-hydrogen) atoms. The monoisotopic (exact) mass is 434 g/mol. The molecule has 0 unspecified atom stereocenters. The molecule has 0 radical (unpaired) electrons. The van der Waals surface area contributed by atoms with E-state index in [-0.39, 0.29) is 40.0 Å². The summed E-state index contributed by atoms with van der Waals surface area (Å²) in [6, 6.07) is 2.09. The van der Waals surface area contributed by atoms with Crippen LogP contribution in [-0.4, -0.2) is 17.9 Å². The van der Waals surface area contributed by atoms with Crippen molar-refractivity contribution >= 4 is 11.8 Å². The normalized spacial score (nSPS) is 41.8. The summed E-state index contributed by atoms with van der Waals surface area (Å²) in [4.78, 5) is 25.1. The fourth-order valence-corrected chi connectivity index (χ4v) is 7.95. The molecule has 0 saturated heterocycles. The van der Waals surface area contributed by atoms with Crippen molar-refractivity contribution < 1.29 is 18.7 Å². The molecule has 0 bridgehead atoms. The number of ether oxygens (including phenoxy) is 1. The quantitative estimate of drug-likeness (QED) is 0.413. The third kappa shape index (κ3) is 2.55. The third-order valence-electron chi connectivity index (χ3n) is 9.52. The number of carbonyl (C=O) groups excluding carboxylic acids is 2. The lowest BCUT2D eigenvalue weighted by atomic mass is 9.41. The smallest absolute Gasteiger partial charge is 0.303 e. The highest BCUT2D eigenvalue weighted by Crippen LogP contribution is 2.71. The molecule has 0 N–H and O–H groups in total. The molecule has 4 aliphatic rings. The van der Waals surface area contributed by atoms with Crippen molar-refractivity contribution in [3.8, 4) is 0 Å². The van der Waals surface area contributed by atoms with Crippen molar-refractivity contribution in [1.82, 2.24) is 0 Å². The first kappa shape index (κ1) is 21.5. The topological polar surface area (TPSA) is 56.5 Å². The highest BCUT2D eigenvalue weighted by molar-refractivity contribution is 5.98. The molecule has 4 heteroatoms. The van der Waals surface area contributed by atoms with Crippen LogP contribution >= 0.6 is 0 Å². The van der Waals surface area contributed by atoms with Crippen LogP contribution in [0.25, 0.3) is 0 Å². The summed E-state index contributed by atoms with van der Waals surface area (Å²) in [6.45, 7) is 12.5. The van der Waals surface area contributed by atoms with Gasteiger partial charge in [0.25, 0.3) is 0 Å². The Morgan fingerprint density at radius 3 is 2.56 bits per heavy atom. The highest BCUT2D eigenvalue weighted by atomic mass is 16.5. The molecule has 170 valence electrons. The molecule has 0 amide bonds. The molecular weight excluding hydrogens is 400 g/mol. The van der Waals surface area contributed by atoms with Gasteiger partial charge in [-0.1, -0.05) is 38.5 Å². The van der Waals surface area contributed by atoms with E-state index in [1.165, 1.54) is 18.1 Å². The molecule has 0 aliphatic heterocycles.